The molecule has 0 atom stereocenters. The molecule has 0 aliphatic carbocycles. The van der Waals surface area contributed by atoms with Crippen LogP contribution in [0.2, 0.25) is 5.02 Å². The van der Waals surface area contributed by atoms with Gasteiger partial charge in [-0.2, -0.15) is 0 Å². The Morgan fingerprint density at radius 3 is 3.06 bits per heavy atom. The quantitative estimate of drug-likeness (QED) is 0.530. The van der Waals surface area contributed by atoms with Crippen LogP contribution in [0.4, 0.5) is 0 Å². The third-order valence-corrected chi connectivity index (χ3v) is 4.70. The van der Waals surface area contributed by atoms with Crippen LogP contribution in [0.25, 0.3) is 11.0 Å². The first-order valence-corrected chi connectivity index (χ1v) is 7.41. The van der Waals surface area contributed by atoms with Gasteiger partial charge in [0.25, 0.3) is 0 Å². The maximum atomic E-state index is 12.4. The van der Waals surface area contributed by atoms with Crippen molar-refractivity contribution >= 4 is 62.3 Å². The number of carbonyl (C=O) groups is 1. The fourth-order valence-electron chi connectivity index (χ4n) is 1.78. The van der Waals surface area contributed by atoms with Crippen LogP contribution in [0, 0.1) is 2.88 Å². The summed E-state index contributed by atoms with van der Waals surface area (Å²) in [6, 6.07) is 3.56. The van der Waals surface area contributed by atoms with Crippen molar-refractivity contribution in [3.05, 3.63) is 48.9 Å². The maximum absolute atomic E-state index is 12.4. The summed E-state index contributed by atoms with van der Waals surface area (Å²) in [5.41, 5.74) is 1.89. The molecule has 0 spiro atoms. The second-order valence-electron chi connectivity index (χ2n) is 3.69. The second kappa shape index (κ2) is 4.64. The van der Waals surface area contributed by atoms with Crippen LogP contribution in [0.15, 0.2) is 29.9 Å². The Morgan fingerprint density at radius 1 is 1.50 bits per heavy atom. The summed E-state index contributed by atoms with van der Waals surface area (Å²) in [5, 5.41) is 3.08. The minimum absolute atomic E-state index is 0.0321. The second-order valence-corrected chi connectivity index (χ2v) is 6.90. The van der Waals surface area contributed by atoms with Crippen molar-refractivity contribution in [3.63, 3.8) is 0 Å². The van der Waals surface area contributed by atoms with E-state index in [0.717, 1.165) is 2.88 Å². The van der Waals surface area contributed by atoms with Crippen molar-refractivity contribution in [3.8, 4) is 0 Å². The number of halogens is 2. The minimum atomic E-state index is -0.0321. The number of aromatic nitrogens is 2. The van der Waals surface area contributed by atoms with Crippen LogP contribution in [0.3, 0.4) is 0 Å². The molecule has 0 unspecified atom stereocenters. The highest BCUT2D eigenvalue weighted by Gasteiger charge is 2.17. The molecular weight excluding hydrogens is 383 g/mol. The van der Waals surface area contributed by atoms with E-state index in [9.17, 15) is 4.79 Å². The summed E-state index contributed by atoms with van der Waals surface area (Å²) >= 11 is 9.87. The molecule has 0 aromatic carbocycles. The van der Waals surface area contributed by atoms with E-state index < -0.39 is 0 Å². The van der Waals surface area contributed by atoms with Gasteiger partial charge in [-0.1, -0.05) is 11.6 Å². The van der Waals surface area contributed by atoms with Gasteiger partial charge in [-0.25, -0.2) is 4.98 Å². The van der Waals surface area contributed by atoms with E-state index in [1.165, 1.54) is 0 Å². The van der Waals surface area contributed by atoms with E-state index in [4.69, 9.17) is 11.6 Å². The zero-order valence-electron chi connectivity index (χ0n) is 8.91. The van der Waals surface area contributed by atoms with E-state index in [1.54, 1.807) is 29.8 Å². The fraction of sp³-hybridized carbons (Fsp3) is 0. The summed E-state index contributed by atoms with van der Waals surface area (Å²) in [7, 11) is 0. The summed E-state index contributed by atoms with van der Waals surface area (Å²) in [4.78, 5) is 19.5. The summed E-state index contributed by atoms with van der Waals surface area (Å²) < 4.78 is 1.08. The average Bonchev–Trinajstić information content (AvgIpc) is 2.95. The first-order valence-electron chi connectivity index (χ1n) is 5.07. The monoisotopic (exact) mass is 388 g/mol. The molecule has 0 aliphatic heterocycles. The van der Waals surface area contributed by atoms with Crippen LogP contribution < -0.4 is 0 Å². The molecule has 0 saturated heterocycles. The van der Waals surface area contributed by atoms with Gasteiger partial charge in [0.05, 0.1) is 13.5 Å². The van der Waals surface area contributed by atoms with Crippen LogP contribution in [-0.4, -0.2) is 15.8 Å². The van der Waals surface area contributed by atoms with Gasteiger partial charge < -0.3 is 4.98 Å². The number of ketones is 1. The van der Waals surface area contributed by atoms with Crippen LogP contribution >= 0.6 is 45.5 Å². The number of fused-ring (bicyclic) bond motifs is 1. The van der Waals surface area contributed by atoms with Gasteiger partial charge >= 0.3 is 0 Å². The lowest BCUT2D eigenvalue weighted by Gasteiger charge is -1.97. The van der Waals surface area contributed by atoms with Crippen molar-refractivity contribution < 1.29 is 4.79 Å². The first-order chi connectivity index (χ1) is 8.66. The topological polar surface area (TPSA) is 45.8 Å². The van der Waals surface area contributed by atoms with E-state index in [2.05, 4.69) is 32.6 Å². The normalized spacial score (nSPS) is 11.0. The Morgan fingerprint density at radius 2 is 2.33 bits per heavy atom. The van der Waals surface area contributed by atoms with Crippen molar-refractivity contribution in [1.29, 1.82) is 0 Å². The Hall–Kier alpha value is -0.920. The molecule has 3 aromatic rings. The third kappa shape index (κ3) is 1.96. The van der Waals surface area contributed by atoms with Gasteiger partial charge in [-0.15, -0.1) is 11.3 Å². The molecule has 3 nitrogen and oxygen atoms in total. The zero-order valence-corrected chi connectivity index (χ0v) is 12.6. The van der Waals surface area contributed by atoms with Crippen LogP contribution in [0.5, 0.6) is 0 Å². The predicted molar refractivity (Wildman–Crippen MR) is 81.6 cm³/mol. The Bertz CT molecular complexity index is 749. The molecule has 0 bridgehead atoms. The number of aromatic amines is 1. The van der Waals surface area contributed by atoms with Gasteiger partial charge in [0.1, 0.15) is 5.65 Å². The number of nitrogens with zero attached hydrogens (tertiary/aromatic N) is 1. The van der Waals surface area contributed by atoms with Crippen LogP contribution in [-0.2, 0) is 0 Å². The molecule has 0 radical (unpaired) electrons. The molecule has 0 amide bonds. The van der Waals surface area contributed by atoms with Crippen molar-refractivity contribution in [2.45, 2.75) is 0 Å². The van der Waals surface area contributed by atoms with Crippen molar-refractivity contribution in [1.82, 2.24) is 9.97 Å². The molecule has 18 heavy (non-hydrogen) atoms. The molecule has 3 aromatic heterocycles. The van der Waals surface area contributed by atoms with Gasteiger partial charge in [0.2, 0.25) is 0 Å². The highest BCUT2D eigenvalue weighted by Crippen LogP contribution is 2.28. The molecular formula is C12H6ClIN2OS. The molecule has 0 fully saturated rings. The lowest BCUT2D eigenvalue weighted by Crippen LogP contribution is -1.98. The third-order valence-electron chi connectivity index (χ3n) is 2.60. The first kappa shape index (κ1) is 12.1. The number of rotatable bonds is 2. The number of hydrogen-bond acceptors (Lipinski definition) is 3. The van der Waals surface area contributed by atoms with Crippen molar-refractivity contribution in [2.75, 3.05) is 0 Å². The summed E-state index contributed by atoms with van der Waals surface area (Å²) in [6.07, 6.45) is 3.28. The smallest absolute Gasteiger partial charge is 0.196 e. The molecule has 90 valence electrons. The predicted octanol–water partition coefficient (Wildman–Crippen LogP) is 4.11. The molecule has 0 aliphatic rings. The van der Waals surface area contributed by atoms with Crippen LogP contribution in [0.1, 0.15) is 15.9 Å². The number of pyridine rings is 1. The minimum Gasteiger partial charge on any atom is -0.345 e. The molecule has 0 saturated carbocycles. The summed E-state index contributed by atoms with van der Waals surface area (Å²) in [5.74, 6) is -0.0321. The number of nitrogens with one attached hydrogen (secondary N) is 1. The number of carbonyl (C=O) groups excluding carboxylic acids is 1. The van der Waals surface area contributed by atoms with E-state index >= 15 is 0 Å². The van der Waals surface area contributed by atoms with Gasteiger partial charge in [-0.05, 0) is 34.7 Å². The SMILES string of the molecule is O=C(c1csc(I)c1)c1c[nH]c2nccc(Cl)c12. The molecule has 1 N–H and O–H groups in total. The average molecular weight is 389 g/mol. The lowest BCUT2D eigenvalue weighted by molar-refractivity contribution is 0.104. The molecule has 3 rings (SSSR count). The molecule has 3 heterocycles. The maximum Gasteiger partial charge on any atom is 0.196 e. The fourth-order valence-corrected chi connectivity index (χ4v) is 3.35. The van der Waals surface area contributed by atoms with Gasteiger partial charge in [-0.3, -0.25) is 4.79 Å². The van der Waals surface area contributed by atoms with E-state index in [-0.39, 0.29) is 5.78 Å². The Labute approximate surface area is 125 Å². The highest BCUT2D eigenvalue weighted by molar-refractivity contribution is 14.1. The van der Waals surface area contributed by atoms with Gasteiger partial charge in [0, 0.05) is 28.7 Å². The number of thiophene rings is 1. The number of hydrogen-bond donors (Lipinski definition) is 1. The summed E-state index contributed by atoms with van der Waals surface area (Å²) in [6.45, 7) is 0. The zero-order chi connectivity index (χ0) is 12.7. The van der Waals surface area contributed by atoms with Gasteiger partial charge in [0.15, 0.2) is 5.78 Å². The van der Waals surface area contributed by atoms with E-state index in [0.29, 0.717) is 27.2 Å². The Balaban J connectivity index is 2.18. The van der Waals surface area contributed by atoms with Crippen molar-refractivity contribution in [2.24, 2.45) is 0 Å². The Kier molecular flexibility index (Phi) is 3.13. The molecule has 6 heteroatoms. The standard InChI is InChI=1S/C12H6ClIN2OS/c13-8-1-2-15-12-10(8)7(4-16-12)11(17)6-3-9(14)18-5-6/h1-5H,(H,15,16). The lowest BCUT2D eigenvalue weighted by atomic mass is 10.1. The van der Waals surface area contributed by atoms with E-state index in [1.807, 2.05) is 11.4 Å². The highest BCUT2D eigenvalue weighted by atomic mass is 127. The largest absolute Gasteiger partial charge is 0.345 e. The number of H-pyrrole nitrogens is 1.